The lowest BCUT2D eigenvalue weighted by Gasteiger charge is -2.36. The van der Waals surface area contributed by atoms with Gasteiger partial charge in [-0.1, -0.05) is 34.5 Å². The molecule has 2 nitrogen and oxygen atoms in total. The highest BCUT2D eigenvalue weighted by Gasteiger charge is 2.23. The monoisotopic (exact) mass is 354 g/mol. The summed E-state index contributed by atoms with van der Waals surface area (Å²) in [6, 6.07) is 5.44. The van der Waals surface area contributed by atoms with E-state index in [1.165, 1.54) is 18.4 Å². The second kappa shape index (κ2) is 8.66. The third kappa shape index (κ3) is 4.90. The zero-order valence-corrected chi connectivity index (χ0v) is 14.0. The first-order valence-electron chi connectivity index (χ1n) is 7.73. The molecule has 116 valence electrons. The van der Waals surface area contributed by atoms with Crippen LogP contribution >= 0.6 is 15.9 Å². The quantitative estimate of drug-likeness (QED) is 0.580. The molecule has 1 saturated heterocycles. The Morgan fingerprint density at radius 3 is 2.76 bits per heavy atom. The number of nitrogens with one attached hydrogen (secondary N) is 1. The Morgan fingerprint density at radius 2 is 2.10 bits per heavy atom. The minimum atomic E-state index is -0.184. The van der Waals surface area contributed by atoms with Gasteiger partial charge in [-0.15, -0.1) is 6.58 Å². The van der Waals surface area contributed by atoms with Crippen molar-refractivity contribution < 1.29 is 4.39 Å². The summed E-state index contributed by atoms with van der Waals surface area (Å²) < 4.78 is 14.2. The van der Waals surface area contributed by atoms with Crippen LogP contribution in [0.4, 0.5) is 4.39 Å². The van der Waals surface area contributed by atoms with E-state index in [2.05, 4.69) is 32.7 Å². The summed E-state index contributed by atoms with van der Waals surface area (Å²) in [6.45, 7) is 7.94. The number of nitrogens with zero attached hydrogens (tertiary/aromatic N) is 1. The van der Waals surface area contributed by atoms with Crippen LogP contribution in [0.3, 0.4) is 0 Å². The van der Waals surface area contributed by atoms with Crippen LogP contribution in [0.5, 0.6) is 0 Å². The Hall–Kier alpha value is -0.710. The molecule has 1 heterocycles. The molecule has 1 N–H and O–H groups in total. The molecule has 4 heteroatoms. The Kier molecular flexibility index (Phi) is 6.87. The van der Waals surface area contributed by atoms with Gasteiger partial charge in [0.05, 0.1) is 0 Å². The Labute approximate surface area is 135 Å². The van der Waals surface area contributed by atoms with Gasteiger partial charge in [-0.3, -0.25) is 4.90 Å². The smallest absolute Gasteiger partial charge is 0.124 e. The molecule has 0 saturated carbocycles. The molecule has 1 atom stereocenters. The number of halogens is 2. The Bertz CT molecular complexity index is 458. The highest BCUT2D eigenvalue weighted by Crippen LogP contribution is 2.32. The molecular formula is C17H24BrFN2. The summed E-state index contributed by atoms with van der Waals surface area (Å²) in [5, 5.41) is 3.39. The van der Waals surface area contributed by atoms with Crippen LogP contribution in [-0.2, 0) is 0 Å². The number of benzene rings is 1. The van der Waals surface area contributed by atoms with Crippen LogP contribution in [0.1, 0.15) is 37.3 Å². The van der Waals surface area contributed by atoms with Crippen LogP contribution in [0, 0.1) is 5.82 Å². The summed E-state index contributed by atoms with van der Waals surface area (Å²) in [5.74, 6) is -0.184. The van der Waals surface area contributed by atoms with Crippen LogP contribution in [-0.4, -0.2) is 31.1 Å². The van der Waals surface area contributed by atoms with Gasteiger partial charge in [0, 0.05) is 36.7 Å². The number of allylic oxidation sites excluding steroid dienone is 1. The highest BCUT2D eigenvalue weighted by molar-refractivity contribution is 9.10. The third-order valence-electron chi connectivity index (χ3n) is 4.05. The zero-order valence-electron chi connectivity index (χ0n) is 12.5. The number of hydrogen-bond donors (Lipinski definition) is 1. The van der Waals surface area contributed by atoms with E-state index in [0.29, 0.717) is 6.04 Å². The molecular weight excluding hydrogens is 331 g/mol. The maximum Gasteiger partial charge on any atom is 0.124 e. The van der Waals surface area contributed by atoms with Crippen LogP contribution in [0.25, 0.3) is 0 Å². The van der Waals surface area contributed by atoms with E-state index in [1.54, 1.807) is 12.1 Å². The summed E-state index contributed by atoms with van der Waals surface area (Å²) in [5.41, 5.74) is 1.21. The van der Waals surface area contributed by atoms with E-state index in [9.17, 15) is 4.39 Å². The first-order valence-corrected chi connectivity index (χ1v) is 8.52. The molecule has 0 unspecified atom stereocenters. The standard InChI is InChI=1S/C17H24BrFN2/c1-2-3-4-5-6-17(21-11-9-20-10-12-21)15-8-7-14(19)13-16(15)18/h2,7-8,13,17,20H,1,3-6,9-12H2/t17-/m1/s1. The van der Waals surface area contributed by atoms with Crippen molar-refractivity contribution in [3.63, 3.8) is 0 Å². The van der Waals surface area contributed by atoms with E-state index in [0.717, 1.165) is 43.5 Å². The Morgan fingerprint density at radius 1 is 1.33 bits per heavy atom. The number of piperazine rings is 1. The highest BCUT2D eigenvalue weighted by atomic mass is 79.9. The van der Waals surface area contributed by atoms with Crippen molar-refractivity contribution in [1.82, 2.24) is 10.2 Å². The molecule has 0 aliphatic carbocycles. The molecule has 0 spiro atoms. The van der Waals surface area contributed by atoms with Gasteiger partial charge in [-0.2, -0.15) is 0 Å². The summed E-state index contributed by atoms with van der Waals surface area (Å²) in [6.07, 6.45) is 6.50. The van der Waals surface area contributed by atoms with E-state index < -0.39 is 0 Å². The summed E-state index contributed by atoms with van der Waals surface area (Å²) in [7, 11) is 0. The van der Waals surface area contributed by atoms with Gasteiger partial charge in [0.2, 0.25) is 0 Å². The van der Waals surface area contributed by atoms with Crippen molar-refractivity contribution >= 4 is 15.9 Å². The molecule has 1 aliphatic rings. The van der Waals surface area contributed by atoms with Crippen molar-refractivity contribution in [2.75, 3.05) is 26.2 Å². The van der Waals surface area contributed by atoms with Gasteiger partial charge in [-0.25, -0.2) is 4.39 Å². The number of hydrogen-bond acceptors (Lipinski definition) is 2. The molecule has 2 rings (SSSR count). The van der Waals surface area contributed by atoms with Crippen LogP contribution in [0.15, 0.2) is 35.3 Å². The number of rotatable bonds is 7. The third-order valence-corrected chi connectivity index (χ3v) is 4.74. The molecule has 1 aromatic carbocycles. The molecule has 1 fully saturated rings. The van der Waals surface area contributed by atoms with Gasteiger partial charge >= 0.3 is 0 Å². The lowest BCUT2D eigenvalue weighted by Crippen LogP contribution is -2.45. The lowest BCUT2D eigenvalue weighted by molar-refractivity contribution is 0.162. The average Bonchev–Trinajstić information content (AvgIpc) is 2.49. The van der Waals surface area contributed by atoms with Gasteiger partial charge in [0.15, 0.2) is 0 Å². The first kappa shape index (κ1) is 16.7. The van der Waals surface area contributed by atoms with Crippen molar-refractivity contribution in [1.29, 1.82) is 0 Å². The molecule has 1 aromatic rings. The van der Waals surface area contributed by atoms with Gasteiger partial charge < -0.3 is 5.32 Å². The fourth-order valence-electron chi connectivity index (χ4n) is 2.93. The molecule has 21 heavy (non-hydrogen) atoms. The predicted molar refractivity (Wildman–Crippen MR) is 89.9 cm³/mol. The molecule has 0 aromatic heterocycles. The van der Waals surface area contributed by atoms with Crippen molar-refractivity contribution in [3.8, 4) is 0 Å². The fourth-order valence-corrected chi connectivity index (χ4v) is 3.54. The maximum absolute atomic E-state index is 13.3. The minimum absolute atomic E-state index is 0.184. The number of unbranched alkanes of at least 4 members (excludes halogenated alkanes) is 2. The van der Waals surface area contributed by atoms with E-state index in [1.807, 2.05) is 12.1 Å². The molecule has 0 amide bonds. The van der Waals surface area contributed by atoms with Gasteiger partial charge in [0.1, 0.15) is 5.82 Å². The largest absolute Gasteiger partial charge is 0.314 e. The van der Waals surface area contributed by atoms with Crippen molar-refractivity contribution in [3.05, 3.63) is 46.7 Å². The van der Waals surface area contributed by atoms with Crippen molar-refractivity contribution in [2.24, 2.45) is 0 Å². The van der Waals surface area contributed by atoms with E-state index in [-0.39, 0.29) is 5.82 Å². The average molecular weight is 355 g/mol. The summed E-state index contributed by atoms with van der Waals surface area (Å²) >= 11 is 3.54. The SMILES string of the molecule is C=CCCCC[C@H](c1ccc(F)cc1Br)N1CCNCC1. The van der Waals surface area contributed by atoms with E-state index in [4.69, 9.17) is 0 Å². The summed E-state index contributed by atoms with van der Waals surface area (Å²) in [4.78, 5) is 2.52. The molecule has 1 aliphatic heterocycles. The van der Waals surface area contributed by atoms with Crippen LogP contribution < -0.4 is 5.32 Å². The zero-order chi connectivity index (χ0) is 15.1. The van der Waals surface area contributed by atoms with Gasteiger partial charge in [0.25, 0.3) is 0 Å². The molecule has 0 bridgehead atoms. The maximum atomic E-state index is 13.3. The Balaban J connectivity index is 2.11. The lowest BCUT2D eigenvalue weighted by atomic mass is 9.98. The predicted octanol–water partition coefficient (Wildman–Crippen LogP) is 4.28. The van der Waals surface area contributed by atoms with E-state index >= 15 is 0 Å². The fraction of sp³-hybridized carbons (Fsp3) is 0.529. The first-order chi connectivity index (χ1) is 10.2. The van der Waals surface area contributed by atoms with Crippen LogP contribution in [0.2, 0.25) is 0 Å². The minimum Gasteiger partial charge on any atom is -0.314 e. The normalized spacial score (nSPS) is 17.6. The van der Waals surface area contributed by atoms with Gasteiger partial charge in [-0.05, 0) is 37.0 Å². The second-order valence-electron chi connectivity index (χ2n) is 5.54. The molecule has 0 radical (unpaired) electrons. The van der Waals surface area contributed by atoms with Crippen molar-refractivity contribution in [2.45, 2.75) is 31.7 Å². The topological polar surface area (TPSA) is 15.3 Å². The second-order valence-corrected chi connectivity index (χ2v) is 6.40.